The van der Waals surface area contributed by atoms with Crippen LogP contribution in [0.4, 0.5) is 4.79 Å². The van der Waals surface area contributed by atoms with E-state index in [1.54, 1.807) is 18.2 Å². The van der Waals surface area contributed by atoms with Gasteiger partial charge in [0.1, 0.15) is 6.61 Å². The van der Waals surface area contributed by atoms with Gasteiger partial charge in [0.05, 0.1) is 12.0 Å². The number of hydrogen-bond donors (Lipinski definition) is 0. The third kappa shape index (κ3) is 3.83. The average Bonchev–Trinajstić information content (AvgIpc) is 2.82. The van der Waals surface area contributed by atoms with Gasteiger partial charge in [-0.25, -0.2) is 0 Å². The molecule has 1 fully saturated rings. The first-order valence-corrected chi connectivity index (χ1v) is 8.42. The van der Waals surface area contributed by atoms with Crippen molar-refractivity contribution in [3.8, 4) is 23.8 Å². The molecule has 0 radical (unpaired) electrons. The molecule has 0 saturated carbocycles. The second-order valence-electron chi connectivity index (χ2n) is 4.60. The van der Waals surface area contributed by atoms with Crippen LogP contribution in [0.5, 0.6) is 11.5 Å². The van der Waals surface area contributed by atoms with Gasteiger partial charge in [-0.3, -0.25) is 14.5 Å². The van der Waals surface area contributed by atoms with E-state index in [0.29, 0.717) is 26.4 Å². The van der Waals surface area contributed by atoms with Gasteiger partial charge >= 0.3 is 0 Å². The Bertz CT molecular complexity index is 767. The number of hydrogen-bond acceptors (Lipinski definition) is 5. The lowest BCUT2D eigenvalue weighted by molar-refractivity contribution is -0.122. The molecule has 1 saturated heterocycles. The fourth-order valence-corrected chi connectivity index (χ4v) is 3.26. The largest absolute Gasteiger partial charge is 0.493 e. The maximum Gasteiger partial charge on any atom is 0.293 e. The lowest BCUT2D eigenvalue weighted by Gasteiger charge is -2.11. The highest BCUT2D eigenvalue weighted by atomic mass is 79.9. The van der Waals surface area contributed by atoms with Gasteiger partial charge in [0, 0.05) is 11.0 Å². The summed E-state index contributed by atoms with van der Waals surface area (Å²) in [5.74, 6) is 3.00. The van der Waals surface area contributed by atoms with Gasteiger partial charge in [-0.2, -0.15) is 0 Å². The lowest BCUT2D eigenvalue weighted by atomic mass is 10.2. The van der Waals surface area contributed by atoms with Crippen molar-refractivity contribution < 1.29 is 19.1 Å². The summed E-state index contributed by atoms with van der Waals surface area (Å²) < 4.78 is 11.4. The minimum Gasteiger partial charge on any atom is -0.493 e. The summed E-state index contributed by atoms with van der Waals surface area (Å²) in [5.41, 5.74) is 0.684. The van der Waals surface area contributed by atoms with Crippen molar-refractivity contribution in [3.63, 3.8) is 0 Å². The third-order valence-electron chi connectivity index (χ3n) is 3.07. The molecule has 2 amide bonds. The van der Waals surface area contributed by atoms with Crippen molar-refractivity contribution in [3.05, 3.63) is 39.7 Å². The van der Waals surface area contributed by atoms with Crippen LogP contribution in [0.25, 0.3) is 6.08 Å². The predicted octanol–water partition coefficient (Wildman–Crippen LogP) is 3.69. The van der Waals surface area contributed by atoms with Crippen LogP contribution in [-0.4, -0.2) is 36.3 Å². The Hall–Kier alpha value is -2.17. The summed E-state index contributed by atoms with van der Waals surface area (Å²) in [5, 5.41) is -0.316. The van der Waals surface area contributed by atoms with Crippen LogP contribution in [0, 0.1) is 12.3 Å². The monoisotopic (exact) mass is 407 g/mol. The van der Waals surface area contributed by atoms with Gasteiger partial charge in [-0.05, 0) is 35.5 Å². The highest BCUT2D eigenvalue weighted by Crippen LogP contribution is 2.37. The van der Waals surface area contributed by atoms with Gasteiger partial charge in [0.25, 0.3) is 11.1 Å². The highest BCUT2D eigenvalue weighted by Gasteiger charge is 2.34. The third-order valence-corrected chi connectivity index (χ3v) is 4.66. The van der Waals surface area contributed by atoms with Gasteiger partial charge in [-0.15, -0.1) is 13.0 Å². The molecule has 1 aromatic carbocycles. The minimum absolute atomic E-state index is 0.114. The van der Waals surface area contributed by atoms with Gasteiger partial charge in [0.15, 0.2) is 11.5 Å². The summed E-state index contributed by atoms with van der Waals surface area (Å²) in [6, 6.07) is 3.41. The van der Waals surface area contributed by atoms with Gasteiger partial charge in [-0.1, -0.05) is 27.9 Å². The zero-order chi connectivity index (χ0) is 17.7. The molecule has 1 heterocycles. The number of imide groups is 1. The van der Waals surface area contributed by atoms with Crippen LogP contribution < -0.4 is 9.47 Å². The summed E-state index contributed by atoms with van der Waals surface area (Å²) in [4.78, 5) is 25.6. The highest BCUT2D eigenvalue weighted by molar-refractivity contribution is 9.10. The van der Waals surface area contributed by atoms with Crippen LogP contribution in [0.15, 0.2) is 34.2 Å². The van der Waals surface area contributed by atoms with Crippen molar-refractivity contribution in [2.45, 2.75) is 0 Å². The molecule has 1 aliphatic heterocycles. The number of benzene rings is 1. The van der Waals surface area contributed by atoms with Crippen LogP contribution in [-0.2, 0) is 4.79 Å². The molecule has 1 aliphatic rings. The Morgan fingerprint density at radius 1 is 1.42 bits per heavy atom. The van der Waals surface area contributed by atoms with Gasteiger partial charge < -0.3 is 9.47 Å². The van der Waals surface area contributed by atoms with E-state index in [-0.39, 0.29) is 24.3 Å². The maximum absolute atomic E-state index is 12.3. The molecule has 0 aromatic heterocycles. The van der Waals surface area contributed by atoms with Crippen molar-refractivity contribution in [2.75, 3.05) is 20.3 Å². The molecule has 0 aliphatic carbocycles. The molecule has 124 valence electrons. The Morgan fingerprint density at radius 3 is 2.79 bits per heavy atom. The smallest absolute Gasteiger partial charge is 0.293 e. The number of ether oxygens (including phenoxy) is 2. The first-order chi connectivity index (χ1) is 11.5. The second kappa shape index (κ2) is 8.08. The van der Waals surface area contributed by atoms with Gasteiger partial charge in [0.2, 0.25) is 0 Å². The van der Waals surface area contributed by atoms with E-state index < -0.39 is 0 Å². The predicted molar refractivity (Wildman–Crippen MR) is 97.9 cm³/mol. The first-order valence-electron chi connectivity index (χ1n) is 6.81. The number of carbonyl (C=O) groups excluding carboxylic acids is 2. The molecule has 24 heavy (non-hydrogen) atoms. The number of terminal acetylenes is 1. The molecule has 2 rings (SSSR count). The topological polar surface area (TPSA) is 55.8 Å². The number of methoxy groups -OCH3 is 1. The quantitative estimate of drug-likeness (QED) is 0.408. The van der Waals surface area contributed by atoms with E-state index in [1.165, 1.54) is 13.2 Å². The maximum atomic E-state index is 12.3. The number of rotatable bonds is 6. The van der Waals surface area contributed by atoms with Crippen LogP contribution in [0.3, 0.4) is 0 Å². The van der Waals surface area contributed by atoms with E-state index in [4.69, 9.17) is 15.9 Å². The molecule has 5 nitrogen and oxygen atoms in total. The van der Waals surface area contributed by atoms with Crippen LogP contribution in [0.1, 0.15) is 5.56 Å². The standard InChI is InChI=1S/C17H14BrNO4S/c1-4-6-19-16(20)15(24-17(19)21)9-11-8-13(22-3)14(10-12(11)18)23-7-5-2/h2,4,8-10H,1,6-7H2,3H3. The minimum atomic E-state index is -0.344. The van der Waals surface area contributed by atoms with E-state index in [9.17, 15) is 9.59 Å². The summed E-state index contributed by atoms with van der Waals surface area (Å²) in [7, 11) is 1.51. The van der Waals surface area contributed by atoms with E-state index in [2.05, 4.69) is 28.4 Å². The van der Waals surface area contributed by atoms with Crippen molar-refractivity contribution in [2.24, 2.45) is 0 Å². The lowest BCUT2D eigenvalue weighted by Crippen LogP contribution is -2.27. The van der Waals surface area contributed by atoms with Crippen LogP contribution in [0.2, 0.25) is 0 Å². The molecule has 7 heteroatoms. The Labute approximate surface area is 152 Å². The molecule has 0 N–H and O–H groups in total. The normalized spacial score (nSPS) is 15.5. The van der Waals surface area contributed by atoms with Crippen molar-refractivity contribution >= 4 is 44.9 Å². The number of nitrogens with zero attached hydrogens (tertiary/aromatic N) is 1. The molecular formula is C17H14BrNO4S. The SMILES string of the molecule is C#CCOc1cc(Br)c(C=C2SC(=O)N(CC=C)C2=O)cc1OC. The Kier molecular flexibility index (Phi) is 6.12. The second-order valence-corrected chi connectivity index (χ2v) is 6.45. The average molecular weight is 408 g/mol. The fraction of sp³-hybridized carbons (Fsp3) is 0.176. The number of amides is 2. The molecule has 0 spiro atoms. The Balaban J connectivity index is 2.36. The van der Waals surface area contributed by atoms with Crippen molar-refractivity contribution in [1.82, 2.24) is 4.90 Å². The molecule has 0 unspecified atom stereocenters. The molecular weight excluding hydrogens is 394 g/mol. The van der Waals surface area contributed by atoms with Crippen LogP contribution >= 0.6 is 27.7 Å². The molecule has 0 bridgehead atoms. The zero-order valence-electron chi connectivity index (χ0n) is 12.9. The number of carbonyl (C=O) groups is 2. The van der Waals surface area contributed by atoms with E-state index in [1.807, 2.05) is 0 Å². The van der Waals surface area contributed by atoms with E-state index >= 15 is 0 Å². The molecule has 1 aromatic rings. The number of halogens is 1. The first kappa shape index (κ1) is 18.2. The fourth-order valence-electron chi connectivity index (χ4n) is 1.98. The summed E-state index contributed by atoms with van der Waals surface area (Å²) in [6.07, 6.45) is 8.33. The number of thioether (sulfide) groups is 1. The summed E-state index contributed by atoms with van der Waals surface area (Å²) in [6.45, 7) is 3.85. The molecule has 0 atom stereocenters. The Morgan fingerprint density at radius 2 is 2.17 bits per heavy atom. The summed E-state index contributed by atoms with van der Waals surface area (Å²) >= 11 is 4.31. The van der Waals surface area contributed by atoms with Crippen molar-refractivity contribution in [1.29, 1.82) is 0 Å². The van der Waals surface area contributed by atoms with E-state index in [0.717, 1.165) is 16.7 Å². The zero-order valence-corrected chi connectivity index (χ0v) is 15.3.